The van der Waals surface area contributed by atoms with Crippen LogP contribution in [0.15, 0.2) is 17.1 Å². The summed E-state index contributed by atoms with van der Waals surface area (Å²) in [6, 6.07) is 1.50. The topological polar surface area (TPSA) is 42.2 Å². The molecule has 1 heterocycles. The maximum Gasteiger partial charge on any atom is 0.223 e. The summed E-state index contributed by atoms with van der Waals surface area (Å²) in [5, 5.41) is 9.19. The van der Waals surface area contributed by atoms with Crippen LogP contribution in [0, 0.1) is 5.41 Å². The zero-order valence-corrected chi connectivity index (χ0v) is 9.16. The number of aromatic nitrogens is 1. The minimum Gasteiger partial charge on any atom is -0.503 e. The average Bonchev–Trinajstić information content (AvgIpc) is 1.97. The standard InChI is InChI=1S/C11H17NO2/c1-11(2,3)6-8-5-9(13)10(14)7-12(8)4/h5,7,14H,6H2,1-4H3. The van der Waals surface area contributed by atoms with E-state index in [9.17, 15) is 9.90 Å². The number of rotatable bonds is 1. The van der Waals surface area contributed by atoms with Crippen molar-refractivity contribution in [2.45, 2.75) is 27.2 Å². The first-order chi connectivity index (χ1) is 6.29. The van der Waals surface area contributed by atoms with Crippen LogP contribution >= 0.6 is 0 Å². The van der Waals surface area contributed by atoms with Crippen molar-refractivity contribution in [1.29, 1.82) is 0 Å². The molecule has 0 aliphatic carbocycles. The van der Waals surface area contributed by atoms with Gasteiger partial charge in [-0.2, -0.15) is 0 Å². The lowest BCUT2D eigenvalue weighted by Crippen LogP contribution is -2.16. The molecule has 0 bridgehead atoms. The Balaban J connectivity index is 3.11. The molecule has 0 unspecified atom stereocenters. The van der Waals surface area contributed by atoms with Crippen molar-refractivity contribution in [2.75, 3.05) is 0 Å². The highest BCUT2D eigenvalue weighted by atomic mass is 16.3. The van der Waals surface area contributed by atoms with Gasteiger partial charge in [0.05, 0.1) is 0 Å². The highest BCUT2D eigenvalue weighted by molar-refractivity contribution is 5.20. The summed E-state index contributed by atoms with van der Waals surface area (Å²) in [6.45, 7) is 6.35. The van der Waals surface area contributed by atoms with Crippen LogP contribution < -0.4 is 5.43 Å². The molecule has 1 N–H and O–H groups in total. The molecular weight excluding hydrogens is 178 g/mol. The van der Waals surface area contributed by atoms with E-state index in [1.54, 1.807) is 4.57 Å². The van der Waals surface area contributed by atoms with Gasteiger partial charge in [-0.15, -0.1) is 0 Å². The van der Waals surface area contributed by atoms with Crippen LogP contribution in [0.3, 0.4) is 0 Å². The first-order valence-corrected chi connectivity index (χ1v) is 4.68. The molecule has 0 saturated carbocycles. The second kappa shape index (κ2) is 3.48. The van der Waals surface area contributed by atoms with Crippen molar-refractivity contribution in [2.24, 2.45) is 12.5 Å². The molecule has 14 heavy (non-hydrogen) atoms. The van der Waals surface area contributed by atoms with E-state index in [1.807, 2.05) is 7.05 Å². The second-order valence-electron chi connectivity index (χ2n) is 4.86. The van der Waals surface area contributed by atoms with Gasteiger partial charge in [0.25, 0.3) is 0 Å². The number of pyridine rings is 1. The van der Waals surface area contributed by atoms with Crippen LogP contribution in [0.1, 0.15) is 26.5 Å². The van der Waals surface area contributed by atoms with Gasteiger partial charge in [0.2, 0.25) is 5.43 Å². The van der Waals surface area contributed by atoms with E-state index in [0.717, 1.165) is 12.1 Å². The van der Waals surface area contributed by atoms with E-state index < -0.39 is 0 Å². The minimum absolute atomic E-state index is 0.140. The minimum atomic E-state index is -0.303. The molecule has 0 radical (unpaired) electrons. The van der Waals surface area contributed by atoms with Gasteiger partial charge in [-0.1, -0.05) is 20.8 Å². The van der Waals surface area contributed by atoms with E-state index in [4.69, 9.17) is 0 Å². The lowest BCUT2D eigenvalue weighted by atomic mass is 9.90. The molecule has 1 aromatic rings. The molecule has 0 aliphatic rings. The number of hydrogen-bond donors (Lipinski definition) is 1. The third kappa shape index (κ3) is 2.62. The van der Waals surface area contributed by atoms with Crippen molar-refractivity contribution in [3.05, 3.63) is 28.2 Å². The summed E-state index contributed by atoms with van der Waals surface area (Å²) in [6.07, 6.45) is 2.28. The Morgan fingerprint density at radius 2 is 2.00 bits per heavy atom. The Morgan fingerprint density at radius 1 is 1.43 bits per heavy atom. The number of aromatic hydroxyl groups is 1. The monoisotopic (exact) mass is 195 g/mol. The average molecular weight is 195 g/mol. The third-order valence-electron chi connectivity index (χ3n) is 2.03. The number of hydrogen-bond acceptors (Lipinski definition) is 2. The Labute approximate surface area is 84.0 Å². The van der Waals surface area contributed by atoms with Crippen molar-refractivity contribution in [3.63, 3.8) is 0 Å². The second-order valence-corrected chi connectivity index (χ2v) is 4.86. The first kappa shape index (κ1) is 10.8. The molecular formula is C11H17NO2. The molecule has 0 saturated heterocycles. The summed E-state index contributed by atoms with van der Waals surface area (Å²) in [5.41, 5.74) is 0.781. The Kier molecular flexibility index (Phi) is 2.69. The Morgan fingerprint density at radius 3 is 2.50 bits per heavy atom. The van der Waals surface area contributed by atoms with Crippen LogP contribution in [0.25, 0.3) is 0 Å². The van der Waals surface area contributed by atoms with Gasteiger partial charge < -0.3 is 9.67 Å². The van der Waals surface area contributed by atoms with Crippen LogP contribution in [-0.4, -0.2) is 9.67 Å². The largest absolute Gasteiger partial charge is 0.503 e. The van der Waals surface area contributed by atoms with E-state index in [0.29, 0.717) is 0 Å². The van der Waals surface area contributed by atoms with Crippen molar-refractivity contribution in [3.8, 4) is 5.75 Å². The van der Waals surface area contributed by atoms with Crippen molar-refractivity contribution < 1.29 is 5.11 Å². The fraction of sp³-hybridized carbons (Fsp3) is 0.545. The number of aryl methyl sites for hydroxylation is 1. The quantitative estimate of drug-likeness (QED) is 0.740. The predicted molar refractivity (Wildman–Crippen MR) is 56.5 cm³/mol. The molecule has 3 nitrogen and oxygen atoms in total. The Bertz CT molecular complexity index is 385. The zero-order chi connectivity index (χ0) is 10.9. The van der Waals surface area contributed by atoms with E-state index in [2.05, 4.69) is 20.8 Å². The Hall–Kier alpha value is -1.25. The zero-order valence-electron chi connectivity index (χ0n) is 9.16. The molecule has 1 rings (SSSR count). The van der Waals surface area contributed by atoms with E-state index in [-0.39, 0.29) is 16.6 Å². The maximum absolute atomic E-state index is 11.2. The summed E-state index contributed by atoms with van der Waals surface area (Å²) < 4.78 is 1.79. The normalized spacial score (nSPS) is 11.7. The fourth-order valence-electron chi connectivity index (χ4n) is 1.38. The smallest absolute Gasteiger partial charge is 0.223 e. The van der Waals surface area contributed by atoms with Gasteiger partial charge in [0, 0.05) is 25.0 Å². The summed E-state index contributed by atoms with van der Waals surface area (Å²) in [4.78, 5) is 11.2. The molecule has 1 aromatic heterocycles. The first-order valence-electron chi connectivity index (χ1n) is 4.68. The molecule has 0 fully saturated rings. The molecule has 78 valence electrons. The van der Waals surface area contributed by atoms with Crippen LogP contribution in [0.4, 0.5) is 0 Å². The van der Waals surface area contributed by atoms with Crippen molar-refractivity contribution >= 4 is 0 Å². The van der Waals surface area contributed by atoms with Crippen LogP contribution in [0.2, 0.25) is 0 Å². The van der Waals surface area contributed by atoms with E-state index in [1.165, 1.54) is 12.3 Å². The third-order valence-corrected chi connectivity index (χ3v) is 2.03. The molecule has 0 amide bonds. The fourth-order valence-corrected chi connectivity index (χ4v) is 1.38. The van der Waals surface area contributed by atoms with Gasteiger partial charge in [-0.25, -0.2) is 0 Å². The molecule has 3 heteroatoms. The van der Waals surface area contributed by atoms with Crippen LogP contribution in [0.5, 0.6) is 5.75 Å². The lowest BCUT2D eigenvalue weighted by molar-refractivity contribution is 0.396. The molecule has 0 spiro atoms. The highest BCUT2D eigenvalue weighted by Crippen LogP contribution is 2.19. The van der Waals surface area contributed by atoms with Crippen molar-refractivity contribution in [1.82, 2.24) is 4.57 Å². The molecule has 0 aromatic carbocycles. The molecule has 0 aliphatic heterocycles. The van der Waals surface area contributed by atoms with Crippen LogP contribution in [-0.2, 0) is 13.5 Å². The van der Waals surface area contributed by atoms with Gasteiger partial charge >= 0.3 is 0 Å². The van der Waals surface area contributed by atoms with Gasteiger partial charge in [0.1, 0.15) is 0 Å². The van der Waals surface area contributed by atoms with Gasteiger partial charge in [0.15, 0.2) is 5.75 Å². The predicted octanol–water partition coefficient (Wildman–Crippen LogP) is 1.68. The number of nitrogens with zero attached hydrogens (tertiary/aromatic N) is 1. The maximum atomic E-state index is 11.2. The van der Waals surface area contributed by atoms with E-state index >= 15 is 0 Å². The summed E-state index contributed by atoms with van der Waals surface area (Å²) >= 11 is 0. The van der Waals surface area contributed by atoms with Gasteiger partial charge in [-0.3, -0.25) is 4.79 Å². The molecule has 0 atom stereocenters. The lowest BCUT2D eigenvalue weighted by Gasteiger charge is -2.20. The summed E-state index contributed by atoms with van der Waals surface area (Å²) in [7, 11) is 1.83. The summed E-state index contributed by atoms with van der Waals surface area (Å²) in [5.74, 6) is -0.190. The van der Waals surface area contributed by atoms with Gasteiger partial charge in [-0.05, 0) is 11.8 Å². The SMILES string of the molecule is Cn1cc(O)c(=O)cc1CC(C)(C)C. The highest BCUT2D eigenvalue weighted by Gasteiger charge is 2.13.